The van der Waals surface area contributed by atoms with E-state index in [9.17, 15) is 0 Å². The third-order valence-electron chi connectivity index (χ3n) is 1.25. The van der Waals surface area contributed by atoms with Crippen LogP contribution in [-0.2, 0) is 6.42 Å². The van der Waals surface area contributed by atoms with Crippen molar-refractivity contribution in [2.75, 3.05) is 0 Å². The summed E-state index contributed by atoms with van der Waals surface area (Å²) < 4.78 is 0. The highest BCUT2D eigenvalue weighted by Crippen LogP contribution is 1.96. The molecule has 0 aromatic heterocycles. The van der Waals surface area contributed by atoms with Crippen molar-refractivity contribution in [3.63, 3.8) is 0 Å². The predicted octanol–water partition coefficient (Wildman–Crippen LogP) is 5.08. The van der Waals surface area contributed by atoms with Crippen molar-refractivity contribution in [1.82, 2.24) is 0 Å². The average Bonchev–Trinajstić information content (AvgIpc) is 2.21. The Morgan fingerprint density at radius 1 is 0.714 bits per heavy atom. The lowest BCUT2D eigenvalue weighted by Gasteiger charge is -1.89. The highest BCUT2D eigenvalue weighted by Gasteiger charge is 1.79. The van der Waals surface area contributed by atoms with Gasteiger partial charge in [0.05, 0.1) is 0 Å². The van der Waals surface area contributed by atoms with Crippen LogP contribution in [0.4, 0.5) is 0 Å². The minimum atomic E-state index is 1.14. The maximum atomic E-state index is 2.16. The molecular weight excluding hydrogens is 168 g/mol. The van der Waals surface area contributed by atoms with E-state index in [0.29, 0.717) is 0 Å². The van der Waals surface area contributed by atoms with Gasteiger partial charge in [0.15, 0.2) is 0 Å². The van der Waals surface area contributed by atoms with Crippen LogP contribution >= 0.6 is 0 Å². The van der Waals surface area contributed by atoms with Crippen molar-refractivity contribution in [2.45, 2.75) is 53.9 Å². The Labute approximate surface area is 90.4 Å². The fourth-order valence-electron chi connectivity index (χ4n) is 0.714. The predicted molar refractivity (Wildman–Crippen MR) is 67.8 cm³/mol. The van der Waals surface area contributed by atoms with Gasteiger partial charge in [0.25, 0.3) is 0 Å². The first kappa shape index (κ1) is 15.7. The second-order valence-electron chi connectivity index (χ2n) is 3.25. The van der Waals surface area contributed by atoms with Gasteiger partial charge >= 0.3 is 0 Å². The Bertz CT molecular complexity index is 163. The molecule has 1 aromatic rings. The first-order valence-electron chi connectivity index (χ1n) is 5.80. The normalized spacial score (nSPS) is 7.79. The Morgan fingerprint density at radius 3 is 1.29 bits per heavy atom. The fourth-order valence-corrected chi connectivity index (χ4v) is 0.714. The van der Waals surface area contributed by atoms with E-state index in [1.54, 1.807) is 0 Å². The molecule has 0 aliphatic rings. The topological polar surface area (TPSA) is 0 Å². The van der Waals surface area contributed by atoms with Gasteiger partial charge in [-0.05, 0) is 12.0 Å². The molecule has 0 fully saturated rings. The molecule has 0 saturated heterocycles. The van der Waals surface area contributed by atoms with Crippen molar-refractivity contribution >= 4 is 0 Å². The van der Waals surface area contributed by atoms with Crippen molar-refractivity contribution < 1.29 is 0 Å². The number of aryl methyl sites for hydroxylation is 1. The molecule has 0 spiro atoms. The van der Waals surface area contributed by atoms with Gasteiger partial charge in [-0.15, -0.1) is 0 Å². The fraction of sp³-hybridized carbons (Fsp3) is 0.571. The molecule has 1 rings (SSSR count). The summed E-state index contributed by atoms with van der Waals surface area (Å²) in [4.78, 5) is 0. The summed E-state index contributed by atoms with van der Waals surface area (Å²) in [6, 6.07) is 10.5. The minimum absolute atomic E-state index is 1.14. The largest absolute Gasteiger partial charge is 0.0656 e. The van der Waals surface area contributed by atoms with E-state index in [4.69, 9.17) is 0 Å². The molecule has 0 unspecified atom stereocenters. The molecule has 0 N–H and O–H groups in total. The lowest BCUT2D eigenvalue weighted by Crippen LogP contribution is -1.73. The van der Waals surface area contributed by atoms with E-state index in [0.717, 1.165) is 6.42 Å². The maximum Gasteiger partial charge on any atom is -0.0307 e. The summed E-state index contributed by atoms with van der Waals surface area (Å²) >= 11 is 0. The first-order chi connectivity index (χ1) is 6.76. The van der Waals surface area contributed by atoms with Crippen molar-refractivity contribution in [3.05, 3.63) is 35.9 Å². The van der Waals surface area contributed by atoms with E-state index < -0.39 is 0 Å². The Hall–Kier alpha value is -0.780. The summed E-state index contributed by atoms with van der Waals surface area (Å²) in [6.45, 7) is 10.7. The van der Waals surface area contributed by atoms with Gasteiger partial charge in [0.2, 0.25) is 0 Å². The van der Waals surface area contributed by atoms with E-state index >= 15 is 0 Å². The summed E-state index contributed by atoms with van der Waals surface area (Å²) in [7, 11) is 0. The molecule has 0 aliphatic heterocycles. The first-order valence-corrected chi connectivity index (χ1v) is 5.80. The van der Waals surface area contributed by atoms with Crippen molar-refractivity contribution in [3.8, 4) is 0 Å². The summed E-state index contributed by atoms with van der Waals surface area (Å²) in [5.74, 6) is 0. The van der Waals surface area contributed by atoms with Gasteiger partial charge in [-0.25, -0.2) is 0 Å². The molecule has 0 bridgehead atoms. The van der Waals surface area contributed by atoms with Gasteiger partial charge in [-0.1, -0.05) is 77.8 Å². The van der Waals surface area contributed by atoms with Crippen LogP contribution in [0, 0.1) is 0 Å². The molecule has 0 heteroatoms. The molecule has 0 saturated carbocycles. The third-order valence-corrected chi connectivity index (χ3v) is 1.25. The van der Waals surface area contributed by atoms with Crippen LogP contribution in [0.3, 0.4) is 0 Å². The maximum absolute atomic E-state index is 2.16. The van der Waals surface area contributed by atoms with Crippen molar-refractivity contribution in [1.29, 1.82) is 0 Å². The Morgan fingerprint density at radius 2 is 1.07 bits per heavy atom. The highest BCUT2D eigenvalue weighted by atomic mass is 13.9. The Balaban J connectivity index is 0. The lowest BCUT2D eigenvalue weighted by atomic mass is 10.2. The number of rotatable bonds is 1. The van der Waals surface area contributed by atoms with Crippen LogP contribution in [-0.4, -0.2) is 0 Å². The van der Waals surface area contributed by atoms with E-state index in [1.165, 1.54) is 18.4 Å². The molecule has 82 valence electrons. The minimum Gasteiger partial charge on any atom is -0.0656 e. The van der Waals surface area contributed by atoms with Gasteiger partial charge in [-0.2, -0.15) is 0 Å². The van der Waals surface area contributed by atoms with Gasteiger partial charge in [0.1, 0.15) is 0 Å². The zero-order chi connectivity index (χ0) is 11.2. The second kappa shape index (κ2) is 14.7. The van der Waals surface area contributed by atoms with Crippen LogP contribution < -0.4 is 0 Å². The van der Waals surface area contributed by atoms with Crippen LogP contribution in [0.1, 0.15) is 53.0 Å². The molecule has 0 amide bonds. The van der Waals surface area contributed by atoms with Crippen LogP contribution in [0.2, 0.25) is 0 Å². The number of benzene rings is 1. The SMILES string of the molecule is CCC.CCC.CCc1ccccc1. The quantitative estimate of drug-likeness (QED) is 0.584. The molecule has 0 radical (unpaired) electrons. The van der Waals surface area contributed by atoms with E-state index in [2.05, 4.69) is 58.9 Å². The number of hydrogen-bond donors (Lipinski definition) is 0. The molecule has 0 aliphatic carbocycles. The van der Waals surface area contributed by atoms with E-state index in [1.807, 2.05) is 6.07 Å². The summed E-state index contributed by atoms with van der Waals surface area (Å²) in [5.41, 5.74) is 1.41. The third kappa shape index (κ3) is 13.8. The van der Waals surface area contributed by atoms with Crippen molar-refractivity contribution in [2.24, 2.45) is 0 Å². The highest BCUT2D eigenvalue weighted by molar-refractivity contribution is 5.13. The molecule has 1 aromatic carbocycles. The number of hydrogen-bond acceptors (Lipinski definition) is 0. The lowest BCUT2D eigenvalue weighted by molar-refractivity contribution is 1.09. The van der Waals surface area contributed by atoms with Crippen LogP contribution in [0.25, 0.3) is 0 Å². The second-order valence-corrected chi connectivity index (χ2v) is 3.25. The molecule has 0 heterocycles. The van der Waals surface area contributed by atoms with Crippen LogP contribution in [0.5, 0.6) is 0 Å². The Kier molecular flexibility index (Phi) is 16.5. The van der Waals surface area contributed by atoms with Gasteiger partial charge in [0, 0.05) is 0 Å². The standard InChI is InChI=1S/C8H10.2C3H8/c1-2-8-6-4-3-5-7-8;2*1-3-2/h3-7H,2H2,1H3;2*3H2,1-2H3. The van der Waals surface area contributed by atoms with E-state index in [-0.39, 0.29) is 0 Å². The summed E-state index contributed by atoms with van der Waals surface area (Å²) in [6.07, 6.45) is 3.64. The monoisotopic (exact) mass is 194 g/mol. The summed E-state index contributed by atoms with van der Waals surface area (Å²) in [5, 5.41) is 0. The van der Waals surface area contributed by atoms with Gasteiger partial charge in [-0.3, -0.25) is 0 Å². The zero-order valence-electron chi connectivity index (χ0n) is 10.5. The molecule has 0 atom stereocenters. The van der Waals surface area contributed by atoms with Gasteiger partial charge < -0.3 is 0 Å². The zero-order valence-corrected chi connectivity index (χ0v) is 10.5. The molecule has 14 heavy (non-hydrogen) atoms. The average molecular weight is 194 g/mol. The molecular formula is C14H26. The smallest absolute Gasteiger partial charge is 0.0307 e. The van der Waals surface area contributed by atoms with Crippen LogP contribution in [0.15, 0.2) is 30.3 Å². The molecule has 0 nitrogen and oxygen atoms in total.